The highest BCUT2D eigenvalue weighted by Gasteiger charge is 2.38. The van der Waals surface area contributed by atoms with Crippen molar-refractivity contribution in [3.63, 3.8) is 0 Å². The van der Waals surface area contributed by atoms with E-state index in [4.69, 9.17) is 17.3 Å². The van der Waals surface area contributed by atoms with E-state index in [0.717, 1.165) is 42.8 Å². The lowest BCUT2D eigenvalue weighted by atomic mass is 10.0. The van der Waals surface area contributed by atoms with E-state index >= 15 is 0 Å². The monoisotopic (exact) mass is 375 g/mol. The van der Waals surface area contributed by atoms with E-state index < -0.39 is 0 Å². The zero-order chi connectivity index (χ0) is 17.6. The molecule has 0 radical (unpaired) electrons. The molecule has 1 atom stereocenters. The molecule has 0 spiro atoms. The number of anilines is 2. The first-order valence-electron chi connectivity index (χ1n) is 8.32. The van der Waals surface area contributed by atoms with Crippen molar-refractivity contribution in [2.45, 2.75) is 31.7 Å². The Labute approximate surface area is 154 Å². The molecule has 1 aromatic carbocycles. The zero-order valence-corrected chi connectivity index (χ0v) is 15.1. The second kappa shape index (κ2) is 6.35. The number of aryl methyl sites for hydroxylation is 1. The van der Waals surface area contributed by atoms with E-state index in [1.54, 1.807) is 35.6 Å². The van der Waals surface area contributed by atoms with Crippen LogP contribution in [0.5, 0.6) is 0 Å². The molecule has 3 N–H and O–H groups in total. The summed E-state index contributed by atoms with van der Waals surface area (Å²) in [7, 11) is 0. The van der Waals surface area contributed by atoms with Crippen LogP contribution in [0, 0.1) is 0 Å². The van der Waals surface area contributed by atoms with Gasteiger partial charge in [-0.2, -0.15) is 0 Å². The van der Waals surface area contributed by atoms with Crippen LogP contribution < -0.4 is 16.0 Å². The molecule has 1 aromatic heterocycles. The highest BCUT2D eigenvalue weighted by molar-refractivity contribution is 7.16. The molecule has 1 aliphatic carbocycles. The zero-order valence-electron chi connectivity index (χ0n) is 13.5. The third-order valence-corrected chi connectivity index (χ3v) is 6.42. The van der Waals surface area contributed by atoms with Gasteiger partial charge in [0.05, 0.1) is 5.56 Å². The number of halogens is 1. The second-order valence-corrected chi connectivity index (χ2v) is 7.92. The number of thiophene rings is 1. The van der Waals surface area contributed by atoms with Crippen LogP contribution in [0.1, 0.15) is 33.6 Å². The predicted molar refractivity (Wildman–Crippen MR) is 101 cm³/mol. The number of benzene rings is 1. The van der Waals surface area contributed by atoms with Crippen LogP contribution in [-0.2, 0) is 17.6 Å². The van der Waals surface area contributed by atoms with Gasteiger partial charge in [-0.05, 0) is 55.5 Å². The summed E-state index contributed by atoms with van der Waals surface area (Å²) < 4.78 is 0. The molecule has 1 aliphatic heterocycles. The van der Waals surface area contributed by atoms with Gasteiger partial charge in [0.2, 0.25) is 5.91 Å². The van der Waals surface area contributed by atoms with E-state index in [1.807, 2.05) is 4.90 Å². The molecule has 7 heteroatoms. The summed E-state index contributed by atoms with van der Waals surface area (Å²) in [4.78, 5) is 27.8. The summed E-state index contributed by atoms with van der Waals surface area (Å²) in [5.74, 6) is -0.462. The Bertz CT molecular complexity index is 847. The Balaban J connectivity index is 1.67. The van der Waals surface area contributed by atoms with Gasteiger partial charge in [-0.25, -0.2) is 0 Å². The van der Waals surface area contributed by atoms with Crippen LogP contribution in [0.25, 0.3) is 0 Å². The maximum absolute atomic E-state index is 13.0. The van der Waals surface area contributed by atoms with E-state index in [0.29, 0.717) is 16.3 Å². The Morgan fingerprint density at radius 1 is 1.24 bits per heavy atom. The Morgan fingerprint density at radius 3 is 2.64 bits per heavy atom. The van der Waals surface area contributed by atoms with Gasteiger partial charge in [0.25, 0.3) is 5.91 Å². The van der Waals surface area contributed by atoms with Crippen LogP contribution in [0.15, 0.2) is 24.3 Å². The molecule has 1 fully saturated rings. The molecule has 2 aromatic rings. The fourth-order valence-electron chi connectivity index (χ4n) is 3.48. The van der Waals surface area contributed by atoms with Crippen molar-refractivity contribution in [3.05, 3.63) is 45.3 Å². The molecule has 2 amide bonds. The summed E-state index contributed by atoms with van der Waals surface area (Å²) >= 11 is 7.53. The lowest BCUT2D eigenvalue weighted by molar-refractivity contribution is -0.120. The minimum Gasteiger partial charge on any atom is -0.368 e. The van der Waals surface area contributed by atoms with Gasteiger partial charge in [-0.1, -0.05) is 11.6 Å². The molecule has 1 unspecified atom stereocenters. The van der Waals surface area contributed by atoms with Gasteiger partial charge in [-0.15, -0.1) is 11.3 Å². The van der Waals surface area contributed by atoms with Crippen LogP contribution in [-0.4, -0.2) is 24.4 Å². The van der Waals surface area contributed by atoms with Gasteiger partial charge in [0.1, 0.15) is 11.0 Å². The lowest BCUT2D eigenvalue weighted by Gasteiger charge is -2.40. The first-order valence-corrected chi connectivity index (χ1v) is 9.51. The van der Waals surface area contributed by atoms with E-state index in [-0.39, 0.29) is 17.9 Å². The summed E-state index contributed by atoms with van der Waals surface area (Å²) in [6, 6.07) is 6.74. The average molecular weight is 376 g/mol. The smallest absolute Gasteiger partial charge is 0.258 e. The number of carbonyl (C=O) groups excluding carboxylic acids is 2. The van der Waals surface area contributed by atoms with Gasteiger partial charge < -0.3 is 16.0 Å². The van der Waals surface area contributed by atoms with Crippen LogP contribution in [0.3, 0.4) is 0 Å². The molecule has 2 aliphatic rings. The number of amides is 2. The van der Waals surface area contributed by atoms with Crippen LogP contribution in [0.4, 0.5) is 10.7 Å². The van der Waals surface area contributed by atoms with Gasteiger partial charge in [0.15, 0.2) is 0 Å². The van der Waals surface area contributed by atoms with Crippen molar-refractivity contribution in [1.29, 1.82) is 0 Å². The fraction of sp³-hybridized carbons (Fsp3) is 0.333. The Morgan fingerprint density at radius 2 is 2.00 bits per heavy atom. The van der Waals surface area contributed by atoms with Gasteiger partial charge in [0, 0.05) is 22.1 Å². The van der Waals surface area contributed by atoms with Crippen molar-refractivity contribution >= 4 is 45.4 Å². The second-order valence-electron chi connectivity index (χ2n) is 6.40. The minimum absolute atomic E-state index is 0.133. The summed E-state index contributed by atoms with van der Waals surface area (Å²) in [6.07, 6.45) is 3.72. The number of nitrogens with one attached hydrogen (secondary N) is 1. The van der Waals surface area contributed by atoms with Crippen molar-refractivity contribution in [3.8, 4) is 0 Å². The van der Waals surface area contributed by atoms with Crippen molar-refractivity contribution in [1.82, 2.24) is 0 Å². The largest absolute Gasteiger partial charge is 0.368 e. The molecule has 2 heterocycles. The van der Waals surface area contributed by atoms with Crippen molar-refractivity contribution < 1.29 is 9.59 Å². The standard InChI is InChI=1S/C18H18ClN3O2S/c19-10-4-6-11(7-5-10)21-17(24)15-12-2-1-3-14(12)25-18(15)22-9-8-13(22)16(20)23/h4-7,13H,1-3,8-9H2,(H2,20,23)(H,21,24). The highest BCUT2D eigenvalue weighted by Crippen LogP contribution is 2.44. The average Bonchev–Trinajstić information content (AvgIpc) is 3.08. The maximum atomic E-state index is 13.0. The van der Waals surface area contributed by atoms with E-state index in [1.165, 1.54) is 4.88 Å². The first kappa shape index (κ1) is 16.4. The van der Waals surface area contributed by atoms with Crippen molar-refractivity contribution in [2.75, 3.05) is 16.8 Å². The number of nitrogens with zero attached hydrogens (tertiary/aromatic N) is 1. The molecule has 4 rings (SSSR count). The summed E-state index contributed by atoms with van der Waals surface area (Å²) in [5, 5.41) is 4.46. The molecule has 5 nitrogen and oxygen atoms in total. The quantitative estimate of drug-likeness (QED) is 0.861. The molecule has 1 saturated heterocycles. The fourth-order valence-corrected chi connectivity index (χ4v) is 5.07. The topological polar surface area (TPSA) is 75.4 Å². The molecule has 25 heavy (non-hydrogen) atoms. The Hall–Kier alpha value is -2.05. The lowest BCUT2D eigenvalue weighted by Crippen LogP contribution is -2.55. The number of carbonyl (C=O) groups is 2. The predicted octanol–water partition coefficient (Wildman–Crippen LogP) is 3.21. The molecule has 0 bridgehead atoms. The third-order valence-electron chi connectivity index (χ3n) is 4.84. The van der Waals surface area contributed by atoms with E-state index in [2.05, 4.69) is 5.32 Å². The summed E-state index contributed by atoms with van der Waals surface area (Å²) in [5.41, 5.74) is 8.03. The number of rotatable bonds is 4. The SMILES string of the molecule is NC(=O)C1CCN1c1sc2c(c1C(=O)Nc1ccc(Cl)cc1)CCC2. The highest BCUT2D eigenvalue weighted by atomic mass is 35.5. The summed E-state index contributed by atoms with van der Waals surface area (Å²) in [6.45, 7) is 0.758. The van der Waals surface area contributed by atoms with Crippen LogP contribution >= 0.6 is 22.9 Å². The third kappa shape index (κ3) is 2.89. The van der Waals surface area contributed by atoms with Crippen molar-refractivity contribution in [2.24, 2.45) is 5.73 Å². The maximum Gasteiger partial charge on any atom is 0.258 e. The number of primary amides is 1. The van der Waals surface area contributed by atoms with Gasteiger partial charge >= 0.3 is 0 Å². The molecule has 0 saturated carbocycles. The molecule has 130 valence electrons. The number of hydrogen-bond donors (Lipinski definition) is 2. The number of fused-ring (bicyclic) bond motifs is 1. The van der Waals surface area contributed by atoms with Crippen LogP contribution in [0.2, 0.25) is 5.02 Å². The van der Waals surface area contributed by atoms with E-state index in [9.17, 15) is 9.59 Å². The number of hydrogen-bond acceptors (Lipinski definition) is 4. The molecular weight excluding hydrogens is 358 g/mol. The molecular formula is C18H18ClN3O2S. The number of nitrogens with two attached hydrogens (primary N) is 1. The first-order chi connectivity index (χ1) is 12.0. The van der Waals surface area contributed by atoms with Gasteiger partial charge in [-0.3, -0.25) is 9.59 Å². The Kier molecular flexibility index (Phi) is 4.17. The minimum atomic E-state index is -0.330. The normalized spacial score (nSPS) is 18.6.